The Hall–Kier alpha value is -2.37. The molecule has 1 saturated heterocycles. The van der Waals surface area contributed by atoms with Gasteiger partial charge in [0.05, 0.1) is 5.92 Å². The molecule has 2 atom stereocenters. The fourth-order valence-corrected chi connectivity index (χ4v) is 3.82. The van der Waals surface area contributed by atoms with E-state index in [0.717, 1.165) is 31.2 Å². The minimum Gasteiger partial charge on any atom is -0.480 e. The Kier molecular flexibility index (Phi) is 5.36. The van der Waals surface area contributed by atoms with Crippen molar-refractivity contribution in [1.29, 1.82) is 0 Å². The highest BCUT2D eigenvalue weighted by molar-refractivity contribution is 5.91. The number of benzene rings is 1. The lowest BCUT2D eigenvalue weighted by Gasteiger charge is -2.24. The summed E-state index contributed by atoms with van der Waals surface area (Å²) in [5.74, 6) is -1.83. The first kappa shape index (κ1) is 17.5. The number of nitrogens with zero attached hydrogens (tertiary/aromatic N) is 1. The van der Waals surface area contributed by atoms with Gasteiger partial charge in [-0.15, -0.1) is 0 Å². The Bertz CT molecular complexity index is 640. The van der Waals surface area contributed by atoms with Gasteiger partial charge in [-0.1, -0.05) is 43.2 Å². The molecule has 1 heterocycles. The van der Waals surface area contributed by atoms with Gasteiger partial charge in [0.1, 0.15) is 6.04 Å². The molecular weight excluding hydrogens is 320 g/mol. The molecule has 0 spiro atoms. The zero-order chi connectivity index (χ0) is 17.8. The van der Waals surface area contributed by atoms with Gasteiger partial charge >= 0.3 is 5.97 Å². The molecule has 6 heteroatoms. The van der Waals surface area contributed by atoms with E-state index in [4.69, 9.17) is 0 Å². The summed E-state index contributed by atoms with van der Waals surface area (Å²) in [6.07, 6.45) is 4.68. The molecule has 134 valence electrons. The van der Waals surface area contributed by atoms with Crippen LogP contribution in [0.4, 0.5) is 0 Å². The Morgan fingerprint density at radius 1 is 1.20 bits per heavy atom. The lowest BCUT2D eigenvalue weighted by atomic mass is 10.0. The summed E-state index contributed by atoms with van der Waals surface area (Å²) in [7, 11) is 0. The van der Waals surface area contributed by atoms with Crippen molar-refractivity contribution in [2.24, 2.45) is 5.92 Å². The van der Waals surface area contributed by atoms with E-state index in [1.54, 1.807) is 0 Å². The van der Waals surface area contributed by atoms with Gasteiger partial charge in [0.2, 0.25) is 11.8 Å². The van der Waals surface area contributed by atoms with Crippen molar-refractivity contribution < 1.29 is 19.5 Å². The van der Waals surface area contributed by atoms with Crippen molar-refractivity contribution in [2.75, 3.05) is 6.54 Å². The van der Waals surface area contributed by atoms with Crippen LogP contribution in [-0.4, -0.2) is 46.4 Å². The van der Waals surface area contributed by atoms with Crippen LogP contribution in [0.5, 0.6) is 0 Å². The van der Waals surface area contributed by atoms with E-state index in [1.165, 1.54) is 0 Å². The summed E-state index contributed by atoms with van der Waals surface area (Å²) < 4.78 is 0. The van der Waals surface area contributed by atoms with E-state index in [1.807, 2.05) is 35.2 Å². The van der Waals surface area contributed by atoms with E-state index >= 15 is 0 Å². The number of likely N-dealkylation sites (tertiary alicyclic amines) is 1. The summed E-state index contributed by atoms with van der Waals surface area (Å²) in [4.78, 5) is 38.0. The number of hydrogen-bond donors (Lipinski definition) is 2. The van der Waals surface area contributed by atoms with Crippen LogP contribution in [0.3, 0.4) is 0 Å². The standard InChI is InChI=1S/C19H24N2O4/c22-17-11-14(12-21(17)15-8-4-5-9-15)18(23)20-16(19(24)25)10-13-6-2-1-3-7-13/h1-3,6-7,14-16H,4-5,8-12H2,(H,20,23)(H,24,25)/t14?,16-/m1/s1. The van der Waals surface area contributed by atoms with Crippen molar-refractivity contribution in [3.8, 4) is 0 Å². The van der Waals surface area contributed by atoms with Gasteiger partial charge in [-0.2, -0.15) is 0 Å². The Morgan fingerprint density at radius 2 is 1.88 bits per heavy atom. The minimum absolute atomic E-state index is 0.0157. The van der Waals surface area contributed by atoms with E-state index in [9.17, 15) is 19.5 Å². The molecule has 25 heavy (non-hydrogen) atoms. The van der Waals surface area contributed by atoms with E-state index < -0.39 is 17.9 Å². The fraction of sp³-hybridized carbons (Fsp3) is 0.526. The molecule has 1 saturated carbocycles. The molecule has 3 rings (SSSR count). The number of rotatable bonds is 6. The van der Waals surface area contributed by atoms with Crippen LogP contribution in [0.2, 0.25) is 0 Å². The molecule has 6 nitrogen and oxygen atoms in total. The highest BCUT2D eigenvalue weighted by Crippen LogP contribution is 2.29. The van der Waals surface area contributed by atoms with Gasteiger partial charge in [-0.05, 0) is 18.4 Å². The molecule has 2 N–H and O–H groups in total. The lowest BCUT2D eigenvalue weighted by Crippen LogP contribution is -2.45. The zero-order valence-corrected chi connectivity index (χ0v) is 14.2. The normalized spacial score (nSPS) is 22.2. The number of carbonyl (C=O) groups excluding carboxylic acids is 2. The molecule has 1 aliphatic carbocycles. The summed E-state index contributed by atoms with van der Waals surface area (Å²) in [5, 5.41) is 12.0. The third-order valence-electron chi connectivity index (χ3n) is 5.19. The highest BCUT2D eigenvalue weighted by Gasteiger charge is 2.39. The topological polar surface area (TPSA) is 86.7 Å². The molecule has 1 unspecified atom stereocenters. The molecule has 0 aromatic heterocycles. The van der Waals surface area contributed by atoms with Crippen LogP contribution >= 0.6 is 0 Å². The maximum atomic E-state index is 12.5. The maximum absolute atomic E-state index is 12.5. The van der Waals surface area contributed by atoms with Crippen molar-refractivity contribution in [1.82, 2.24) is 10.2 Å². The van der Waals surface area contributed by atoms with Crippen LogP contribution < -0.4 is 5.32 Å². The van der Waals surface area contributed by atoms with Gasteiger partial charge in [-0.25, -0.2) is 4.79 Å². The van der Waals surface area contributed by atoms with Crippen LogP contribution in [0.25, 0.3) is 0 Å². The number of carbonyl (C=O) groups is 3. The first-order valence-electron chi connectivity index (χ1n) is 8.91. The van der Waals surface area contributed by atoms with Crippen LogP contribution in [0, 0.1) is 5.92 Å². The predicted molar refractivity (Wildman–Crippen MR) is 91.8 cm³/mol. The molecule has 0 bridgehead atoms. The molecule has 2 fully saturated rings. The average molecular weight is 344 g/mol. The third kappa shape index (κ3) is 4.18. The number of carboxylic acid groups (broad SMARTS) is 1. The largest absolute Gasteiger partial charge is 0.480 e. The third-order valence-corrected chi connectivity index (χ3v) is 5.19. The number of amides is 2. The van der Waals surface area contributed by atoms with Crippen molar-refractivity contribution in [3.63, 3.8) is 0 Å². The molecule has 2 amide bonds. The SMILES string of the molecule is O=C(N[C@H](Cc1ccccc1)C(=O)O)C1CC(=O)N(C2CCCC2)C1. The van der Waals surface area contributed by atoms with E-state index in [-0.39, 0.29) is 30.7 Å². The van der Waals surface area contributed by atoms with Crippen molar-refractivity contribution in [2.45, 2.75) is 50.6 Å². The minimum atomic E-state index is -1.06. The first-order chi connectivity index (χ1) is 12.0. The summed E-state index contributed by atoms with van der Waals surface area (Å²) >= 11 is 0. The van der Waals surface area contributed by atoms with Gasteiger partial charge in [0, 0.05) is 25.4 Å². The van der Waals surface area contributed by atoms with E-state index in [0.29, 0.717) is 6.54 Å². The smallest absolute Gasteiger partial charge is 0.326 e. The Labute approximate surface area is 147 Å². The van der Waals surface area contributed by atoms with Gasteiger partial charge in [-0.3, -0.25) is 9.59 Å². The number of aliphatic carboxylic acids is 1. The summed E-state index contributed by atoms with van der Waals surface area (Å²) in [5.41, 5.74) is 0.852. The predicted octanol–water partition coefficient (Wildman–Crippen LogP) is 1.59. The molecule has 1 aliphatic heterocycles. The maximum Gasteiger partial charge on any atom is 0.326 e. The highest BCUT2D eigenvalue weighted by atomic mass is 16.4. The molecule has 1 aromatic rings. The lowest BCUT2D eigenvalue weighted by molar-refractivity contribution is -0.142. The van der Waals surface area contributed by atoms with Crippen molar-refractivity contribution >= 4 is 17.8 Å². The van der Waals surface area contributed by atoms with Crippen LogP contribution in [0.15, 0.2) is 30.3 Å². The number of carboxylic acids is 1. The Morgan fingerprint density at radius 3 is 2.52 bits per heavy atom. The summed E-state index contributed by atoms with van der Waals surface area (Å²) in [6.45, 7) is 0.410. The second-order valence-corrected chi connectivity index (χ2v) is 6.97. The van der Waals surface area contributed by atoms with Crippen molar-refractivity contribution in [3.05, 3.63) is 35.9 Å². The molecule has 0 radical (unpaired) electrons. The molecular formula is C19H24N2O4. The van der Waals surface area contributed by atoms with E-state index in [2.05, 4.69) is 5.32 Å². The van der Waals surface area contributed by atoms with Crippen LogP contribution in [-0.2, 0) is 20.8 Å². The molecule has 1 aromatic carbocycles. The second kappa shape index (κ2) is 7.68. The molecule has 2 aliphatic rings. The van der Waals surface area contributed by atoms with Gasteiger partial charge in [0.25, 0.3) is 0 Å². The van der Waals surface area contributed by atoms with Crippen LogP contribution in [0.1, 0.15) is 37.7 Å². The number of hydrogen-bond acceptors (Lipinski definition) is 3. The fourth-order valence-electron chi connectivity index (χ4n) is 3.82. The first-order valence-corrected chi connectivity index (χ1v) is 8.91. The average Bonchev–Trinajstić information content (AvgIpc) is 3.24. The zero-order valence-electron chi connectivity index (χ0n) is 14.2. The second-order valence-electron chi connectivity index (χ2n) is 6.97. The van der Waals surface area contributed by atoms with Gasteiger partial charge in [0.15, 0.2) is 0 Å². The summed E-state index contributed by atoms with van der Waals surface area (Å²) in [6, 6.07) is 8.48. The quantitative estimate of drug-likeness (QED) is 0.820. The van der Waals surface area contributed by atoms with Gasteiger partial charge < -0.3 is 15.3 Å². The number of nitrogens with one attached hydrogen (secondary N) is 1. The monoisotopic (exact) mass is 344 g/mol. The Balaban J connectivity index is 1.60.